The molecule has 0 aliphatic heterocycles. The van der Waals surface area contributed by atoms with Crippen molar-refractivity contribution in [3.05, 3.63) is 0 Å². The molecule has 0 unspecified atom stereocenters. The van der Waals surface area contributed by atoms with Crippen molar-refractivity contribution in [2.75, 3.05) is 6.61 Å². The van der Waals surface area contributed by atoms with E-state index in [9.17, 15) is 4.79 Å². The van der Waals surface area contributed by atoms with E-state index in [1.807, 2.05) is 0 Å². The Kier molecular flexibility index (Phi) is 2.07. The zero-order valence-electron chi connectivity index (χ0n) is 7.58. The number of hydrogen-bond acceptors (Lipinski definition) is 2. The molecule has 3 atom stereocenters. The Balaban J connectivity index is 1.79. The number of hydrogen-bond donors (Lipinski definition) is 0. The molecular weight excluding hydrogens is 152 g/mol. The molecule has 0 radical (unpaired) electrons. The second-order valence-corrected chi connectivity index (χ2v) is 4.24. The standard InChI is InChI=1S/C10H16O2/c1-7(11)12-6-10-5-8-2-3-9(10)4-8/h8-10H,2-6H2,1H3/t8-,9-,10+/m0/s1. The number of ether oxygens (including phenoxy) is 1. The van der Waals surface area contributed by atoms with Crippen molar-refractivity contribution in [1.82, 2.24) is 0 Å². The number of carbonyl (C=O) groups excluding carboxylic acids is 1. The van der Waals surface area contributed by atoms with Gasteiger partial charge in [0, 0.05) is 6.92 Å². The van der Waals surface area contributed by atoms with Crippen LogP contribution in [-0.4, -0.2) is 12.6 Å². The van der Waals surface area contributed by atoms with Gasteiger partial charge in [0.25, 0.3) is 0 Å². The van der Waals surface area contributed by atoms with Gasteiger partial charge < -0.3 is 4.74 Å². The molecule has 2 aliphatic rings. The van der Waals surface area contributed by atoms with Crippen LogP contribution in [0.15, 0.2) is 0 Å². The maximum absolute atomic E-state index is 10.6. The molecule has 0 aromatic carbocycles. The highest BCUT2D eigenvalue weighted by Gasteiger charge is 2.39. The van der Waals surface area contributed by atoms with E-state index >= 15 is 0 Å². The van der Waals surface area contributed by atoms with Crippen LogP contribution in [0.25, 0.3) is 0 Å². The number of esters is 1. The minimum atomic E-state index is -0.127. The topological polar surface area (TPSA) is 26.3 Å². The third-order valence-corrected chi connectivity index (χ3v) is 3.39. The normalized spacial score (nSPS) is 38.6. The van der Waals surface area contributed by atoms with E-state index in [0.717, 1.165) is 11.8 Å². The first-order valence-corrected chi connectivity index (χ1v) is 4.89. The maximum Gasteiger partial charge on any atom is 0.302 e. The second kappa shape index (κ2) is 3.08. The summed E-state index contributed by atoms with van der Waals surface area (Å²) in [5, 5.41) is 0. The summed E-state index contributed by atoms with van der Waals surface area (Å²) >= 11 is 0. The van der Waals surface area contributed by atoms with E-state index in [-0.39, 0.29) is 5.97 Å². The van der Waals surface area contributed by atoms with Crippen molar-refractivity contribution in [2.24, 2.45) is 17.8 Å². The van der Waals surface area contributed by atoms with Crippen LogP contribution in [0.5, 0.6) is 0 Å². The van der Waals surface area contributed by atoms with Crippen LogP contribution >= 0.6 is 0 Å². The molecule has 0 aromatic heterocycles. The van der Waals surface area contributed by atoms with E-state index in [2.05, 4.69) is 0 Å². The van der Waals surface area contributed by atoms with E-state index in [4.69, 9.17) is 4.74 Å². The van der Waals surface area contributed by atoms with E-state index < -0.39 is 0 Å². The van der Waals surface area contributed by atoms with Gasteiger partial charge in [-0.25, -0.2) is 0 Å². The van der Waals surface area contributed by atoms with Crippen molar-refractivity contribution >= 4 is 5.97 Å². The first-order chi connectivity index (χ1) is 5.75. The second-order valence-electron chi connectivity index (χ2n) is 4.24. The lowest BCUT2D eigenvalue weighted by Gasteiger charge is -2.20. The van der Waals surface area contributed by atoms with Crippen molar-refractivity contribution in [3.8, 4) is 0 Å². The number of carbonyl (C=O) groups is 1. The number of fused-ring (bicyclic) bond motifs is 2. The van der Waals surface area contributed by atoms with Crippen LogP contribution in [0, 0.1) is 17.8 Å². The fraction of sp³-hybridized carbons (Fsp3) is 0.900. The van der Waals surface area contributed by atoms with Gasteiger partial charge in [-0.05, 0) is 37.0 Å². The molecule has 0 saturated heterocycles. The quantitative estimate of drug-likeness (QED) is 0.589. The minimum absolute atomic E-state index is 0.127. The predicted octanol–water partition coefficient (Wildman–Crippen LogP) is 1.99. The van der Waals surface area contributed by atoms with Crippen LogP contribution in [-0.2, 0) is 9.53 Å². The molecule has 2 aliphatic carbocycles. The average Bonchev–Trinajstić information content (AvgIpc) is 2.60. The monoisotopic (exact) mass is 168 g/mol. The molecule has 2 nitrogen and oxygen atoms in total. The van der Waals surface area contributed by atoms with E-state index in [0.29, 0.717) is 12.5 Å². The fourth-order valence-electron chi connectivity index (χ4n) is 2.80. The summed E-state index contributed by atoms with van der Waals surface area (Å²) in [7, 11) is 0. The van der Waals surface area contributed by atoms with Gasteiger partial charge in [-0.3, -0.25) is 4.79 Å². The Morgan fingerprint density at radius 2 is 2.25 bits per heavy atom. The van der Waals surface area contributed by atoms with Crippen molar-refractivity contribution in [1.29, 1.82) is 0 Å². The van der Waals surface area contributed by atoms with Crippen LogP contribution < -0.4 is 0 Å². The predicted molar refractivity (Wildman–Crippen MR) is 45.6 cm³/mol. The highest BCUT2D eigenvalue weighted by Crippen LogP contribution is 2.48. The Bertz CT molecular complexity index is 188. The summed E-state index contributed by atoms with van der Waals surface area (Å²) in [5.41, 5.74) is 0. The van der Waals surface area contributed by atoms with E-state index in [1.165, 1.54) is 32.6 Å². The molecule has 68 valence electrons. The first kappa shape index (κ1) is 8.09. The molecule has 2 fully saturated rings. The summed E-state index contributed by atoms with van der Waals surface area (Å²) in [6, 6.07) is 0. The van der Waals surface area contributed by atoms with E-state index in [1.54, 1.807) is 0 Å². The Hall–Kier alpha value is -0.530. The van der Waals surface area contributed by atoms with Crippen LogP contribution in [0.4, 0.5) is 0 Å². The van der Waals surface area contributed by atoms with Gasteiger partial charge >= 0.3 is 5.97 Å². The molecule has 2 bridgehead atoms. The number of rotatable bonds is 2. The largest absolute Gasteiger partial charge is 0.466 e. The molecule has 0 N–H and O–H groups in total. The van der Waals surface area contributed by atoms with Crippen LogP contribution in [0.1, 0.15) is 32.6 Å². The van der Waals surface area contributed by atoms with Gasteiger partial charge in [0.05, 0.1) is 6.61 Å². The first-order valence-electron chi connectivity index (χ1n) is 4.89. The average molecular weight is 168 g/mol. The summed E-state index contributed by atoms with van der Waals surface area (Å²) in [6.45, 7) is 2.17. The molecule has 2 rings (SSSR count). The third kappa shape index (κ3) is 1.47. The van der Waals surface area contributed by atoms with Crippen LogP contribution in [0.2, 0.25) is 0 Å². The lowest BCUT2D eigenvalue weighted by atomic mass is 9.90. The van der Waals surface area contributed by atoms with Crippen molar-refractivity contribution < 1.29 is 9.53 Å². The molecule has 0 amide bonds. The highest BCUT2D eigenvalue weighted by atomic mass is 16.5. The smallest absolute Gasteiger partial charge is 0.302 e. The Labute approximate surface area is 73.3 Å². The van der Waals surface area contributed by atoms with Gasteiger partial charge in [-0.2, -0.15) is 0 Å². The van der Waals surface area contributed by atoms with Crippen molar-refractivity contribution in [2.45, 2.75) is 32.6 Å². The summed E-state index contributed by atoms with van der Waals surface area (Å²) in [4.78, 5) is 10.6. The van der Waals surface area contributed by atoms with Gasteiger partial charge in [0.2, 0.25) is 0 Å². The fourth-order valence-corrected chi connectivity index (χ4v) is 2.80. The van der Waals surface area contributed by atoms with Crippen molar-refractivity contribution in [3.63, 3.8) is 0 Å². The Morgan fingerprint density at radius 3 is 2.75 bits per heavy atom. The van der Waals surface area contributed by atoms with Crippen LogP contribution in [0.3, 0.4) is 0 Å². The van der Waals surface area contributed by atoms with Gasteiger partial charge in [0.15, 0.2) is 0 Å². The summed E-state index contributed by atoms with van der Waals surface area (Å²) in [5.74, 6) is 2.38. The lowest BCUT2D eigenvalue weighted by Crippen LogP contribution is -2.18. The zero-order chi connectivity index (χ0) is 8.55. The summed E-state index contributed by atoms with van der Waals surface area (Å²) in [6.07, 6.45) is 5.49. The van der Waals surface area contributed by atoms with Gasteiger partial charge in [-0.1, -0.05) is 6.42 Å². The third-order valence-electron chi connectivity index (χ3n) is 3.39. The molecule has 2 saturated carbocycles. The maximum atomic E-state index is 10.6. The SMILES string of the molecule is CC(=O)OC[C@H]1C[C@H]2CC[C@H]1C2. The molecule has 12 heavy (non-hydrogen) atoms. The molecule has 0 spiro atoms. The van der Waals surface area contributed by atoms with Gasteiger partial charge in [0.1, 0.15) is 0 Å². The zero-order valence-corrected chi connectivity index (χ0v) is 7.58. The molecular formula is C10H16O2. The lowest BCUT2D eigenvalue weighted by molar-refractivity contribution is -0.142. The minimum Gasteiger partial charge on any atom is -0.466 e. The Morgan fingerprint density at radius 1 is 1.42 bits per heavy atom. The summed E-state index contributed by atoms with van der Waals surface area (Å²) < 4.78 is 5.04. The highest BCUT2D eigenvalue weighted by molar-refractivity contribution is 5.65. The molecule has 2 heteroatoms. The molecule has 0 aromatic rings. The van der Waals surface area contributed by atoms with Gasteiger partial charge in [-0.15, -0.1) is 0 Å². The molecule has 0 heterocycles.